The average molecular weight is 240 g/mol. The Labute approximate surface area is 107 Å². The summed E-state index contributed by atoms with van der Waals surface area (Å²) in [7, 11) is 0. The van der Waals surface area contributed by atoms with E-state index < -0.39 is 0 Å². The van der Waals surface area contributed by atoms with Crippen molar-refractivity contribution in [3.63, 3.8) is 0 Å². The smallest absolute Gasteiger partial charge is 0.0347 e. The lowest BCUT2D eigenvalue weighted by Gasteiger charge is -2.24. The largest absolute Gasteiger partial charge is 0.118 e. The topological polar surface area (TPSA) is 0 Å². The maximum Gasteiger partial charge on any atom is 0.0347 e. The molecule has 0 fully saturated rings. The SMILES string of the molecule is Cc1ccc([C@H]2CCc3ccccc3S2)cc1. The van der Waals surface area contributed by atoms with Crippen molar-refractivity contribution in [2.75, 3.05) is 0 Å². The molecule has 1 aliphatic rings. The van der Waals surface area contributed by atoms with Crippen LogP contribution in [0.15, 0.2) is 53.4 Å². The molecule has 0 aliphatic carbocycles. The van der Waals surface area contributed by atoms with Gasteiger partial charge in [-0.05, 0) is 37.0 Å². The first-order valence-electron chi connectivity index (χ1n) is 6.14. The van der Waals surface area contributed by atoms with E-state index in [1.165, 1.54) is 34.4 Å². The fraction of sp³-hybridized carbons (Fsp3) is 0.250. The van der Waals surface area contributed by atoms with Gasteiger partial charge in [0.1, 0.15) is 0 Å². The highest BCUT2D eigenvalue weighted by Crippen LogP contribution is 2.44. The molecule has 0 nitrogen and oxygen atoms in total. The molecule has 86 valence electrons. The molecule has 17 heavy (non-hydrogen) atoms. The second-order valence-corrected chi connectivity index (χ2v) is 5.91. The predicted molar refractivity (Wildman–Crippen MR) is 74.5 cm³/mol. The van der Waals surface area contributed by atoms with Crippen molar-refractivity contribution in [3.05, 3.63) is 65.2 Å². The third-order valence-corrected chi connectivity index (χ3v) is 4.81. The summed E-state index contributed by atoms with van der Waals surface area (Å²) < 4.78 is 0. The van der Waals surface area contributed by atoms with Gasteiger partial charge in [0.25, 0.3) is 0 Å². The van der Waals surface area contributed by atoms with Gasteiger partial charge < -0.3 is 0 Å². The maximum atomic E-state index is 2.28. The molecule has 0 saturated heterocycles. The van der Waals surface area contributed by atoms with Gasteiger partial charge in [-0.25, -0.2) is 0 Å². The van der Waals surface area contributed by atoms with Crippen LogP contribution in [0.5, 0.6) is 0 Å². The van der Waals surface area contributed by atoms with Crippen LogP contribution in [0.2, 0.25) is 0 Å². The Morgan fingerprint density at radius 3 is 2.59 bits per heavy atom. The summed E-state index contributed by atoms with van der Waals surface area (Å²) in [6, 6.07) is 17.8. The minimum absolute atomic E-state index is 0.630. The van der Waals surface area contributed by atoms with E-state index in [0.717, 1.165) is 0 Å². The Kier molecular flexibility index (Phi) is 2.94. The van der Waals surface area contributed by atoms with Crippen LogP contribution in [-0.2, 0) is 6.42 Å². The van der Waals surface area contributed by atoms with Crippen molar-refractivity contribution >= 4 is 11.8 Å². The van der Waals surface area contributed by atoms with E-state index in [2.05, 4.69) is 55.5 Å². The van der Waals surface area contributed by atoms with Crippen molar-refractivity contribution in [3.8, 4) is 0 Å². The number of aryl methyl sites for hydroxylation is 2. The Morgan fingerprint density at radius 1 is 1.00 bits per heavy atom. The summed E-state index contributed by atoms with van der Waals surface area (Å²) in [5.41, 5.74) is 4.32. The number of fused-ring (bicyclic) bond motifs is 1. The number of rotatable bonds is 1. The van der Waals surface area contributed by atoms with Crippen molar-refractivity contribution < 1.29 is 0 Å². The van der Waals surface area contributed by atoms with E-state index in [9.17, 15) is 0 Å². The first-order chi connectivity index (χ1) is 8.33. The zero-order chi connectivity index (χ0) is 11.7. The van der Waals surface area contributed by atoms with Gasteiger partial charge in [0, 0.05) is 10.1 Å². The van der Waals surface area contributed by atoms with E-state index in [0.29, 0.717) is 5.25 Å². The second kappa shape index (κ2) is 4.58. The van der Waals surface area contributed by atoms with Crippen LogP contribution in [-0.4, -0.2) is 0 Å². The monoisotopic (exact) mass is 240 g/mol. The standard InChI is InChI=1S/C16H16S/c1-12-6-8-14(9-7-12)16-11-10-13-4-2-3-5-15(13)17-16/h2-9,16H,10-11H2,1H3/t16-/m1/s1. The van der Waals surface area contributed by atoms with Gasteiger partial charge in [0.05, 0.1) is 0 Å². The number of hydrogen-bond acceptors (Lipinski definition) is 1. The first-order valence-corrected chi connectivity index (χ1v) is 7.02. The predicted octanol–water partition coefficient (Wildman–Crippen LogP) is 4.77. The number of hydrogen-bond donors (Lipinski definition) is 0. The highest BCUT2D eigenvalue weighted by atomic mass is 32.2. The highest BCUT2D eigenvalue weighted by molar-refractivity contribution is 7.99. The molecule has 0 amide bonds. The van der Waals surface area contributed by atoms with Crippen molar-refractivity contribution in [1.82, 2.24) is 0 Å². The van der Waals surface area contributed by atoms with Crippen molar-refractivity contribution in [2.24, 2.45) is 0 Å². The molecule has 0 radical (unpaired) electrons. The molecule has 0 bridgehead atoms. The normalized spacial score (nSPS) is 18.8. The van der Waals surface area contributed by atoms with Crippen LogP contribution in [0, 0.1) is 6.92 Å². The van der Waals surface area contributed by atoms with Gasteiger partial charge in [-0.3, -0.25) is 0 Å². The molecule has 2 aromatic carbocycles. The molecule has 0 aromatic heterocycles. The zero-order valence-corrected chi connectivity index (χ0v) is 10.8. The van der Waals surface area contributed by atoms with E-state index >= 15 is 0 Å². The van der Waals surface area contributed by atoms with Gasteiger partial charge in [0.15, 0.2) is 0 Å². The van der Waals surface area contributed by atoms with E-state index in [1.807, 2.05) is 11.8 Å². The number of benzene rings is 2. The van der Waals surface area contributed by atoms with Gasteiger partial charge in [-0.2, -0.15) is 0 Å². The average Bonchev–Trinajstić information content (AvgIpc) is 2.39. The van der Waals surface area contributed by atoms with Crippen molar-refractivity contribution in [1.29, 1.82) is 0 Å². The zero-order valence-electron chi connectivity index (χ0n) is 10.0. The van der Waals surface area contributed by atoms with Crippen LogP contribution < -0.4 is 0 Å². The third-order valence-electron chi connectivity index (χ3n) is 3.37. The van der Waals surface area contributed by atoms with Gasteiger partial charge in [-0.1, -0.05) is 48.0 Å². The van der Waals surface area contributed by atoms with Crippen molar-refractivity contribution in [2.45, 2.75) is 29.9 Å². The molecule has 1 heterocycles. The molecule has 1 aliphatic heterocycles. The van der Waals surface area contributed by atoms with Crippen LogP contribution in [0.1, 0.15) is 28.4 Å². The molecule has 0 saturated carbocycles. The lowest BCUT2D eigenvalue weighted by molar-refractivity contribution is 0.771. The molecule has 3 rings (SSSR count). The summed E-state index contributed by atoms with van der Waals surface area (Å²) in [5.74, 6) is 0. The van der Waals surface area contributed by atoms with Gasteiger partial charge >= 0.3 is 0 Å². The second-order valence-electron chi connectivity index (χ2n) is 4.66. The van der Waals surface area contributed by atoms with Crippen LogP contribution in [0.3, 0.4) is 0 Å². The molecular formula is C16H16S. The molecule has 0 N–H and O–H groups in total. The minimum Gasteiger partial charge on any atom is -0.118 e. The fourth-order valence-corrected chi connectivity index (χ4v) is 3.65. The molecule has 0 unspecified atom stereocenters. The van der Waals surface area contributed by atoms with E-state index in [1.54, 1.807) is 0 Å². The molecule has 1 atom stereocenters. The Bertz CT molecular complexity index is 513. The van der Waals surface area contributed by atoms with Crippen LogP contribution in [0.4, 0.5) is 0 Å². The van der Waals surface area contributed by atoms with Gasteiger partial charge in [0.2, 0.25) is 0 Å². The molecule has 2 aromatic rings. The molecule has 0 spiro atoms. The minimum atomic E-state index is 0.630. The van der Waals surface area contributed by atoms with Gasteiger partial charge in [-0.15, -0.1) is 11.8 Å². The maximum absolute atomic E-state index is 2.28. The summed E-state index contributed by atoms with van der Waals surface area (Å²) in [5, 5.41) is 0.630. The van der Waals surface area contributed by atoms with Crippen LogP contribution in [0.25, 0.3) is 0 Å². The lowest BCUT2D eigenvalue weighted by Crippen LogP contribution is -2.04. The quantitative estimate of drug-likeness (QED) is 0.691. The Morgan fingerprint density at radius 2 is 1.76 bits per heavy atom. The Hall–Kier alpha value is -1.21. The molecule has 1 heteroatoms. The number of thioether (sulfide) groups is 1. The highest BCUT2D eigenvalue weighted by Gasteiger charge is 2.19. The first kappa shape index (κ1) is 10.9. The Balaban J connectivity index is 1.86. The molecular weight excluding hydrogens is 224 g/mol. The lowest BCUT2D eigenvalue weighted by atomic mass is 10.0. The summed E-state index contributed by atoms with van der Waals surface area (Å²) in [6.45, 7) is 2.15. The summed E-state index contributed by atoms with van der Waals surface area (Å²) in [4.78, 5) is 1.46. The summed E-state index contributed by atoms with van der Waals surface area (Å²) in [6.07, 6.45) is 2.46. The fourth-order valence-electron chi connectivity index (χ4n) is 2.34. The van der Waals surface area contributed by atoms with E-state index in [4.69, 9.17) is 0 Å². The van der Waals surface area contributed by atoms with Crippen LogP contribution >= 0.6 is 11.8 Å². The third kappa shape index (κ3) is 2.25. The summed E-state index contributed by atoms with van der Waals surface area (Å²) >= 11 is 2.02. The van der Waals surface area contributed by atoms with E-state index in [-0.39, 0.29) is 0 Å².